The second-order valence-electron chi connectivity index (χ2n) is 10.8. The van der Waals surface area contributed by atoms with E-state index in [0.29, 0.717) is 19.4 Å². The van der Waals surface area contributed by atoms with Gasteiger partial charge < -0.3 is 13.6 Å². The summed E-state index contributed by atoms with van der Waals surface area (Å²) in [5, 5.41) is 0.187. The Balaban J connectivity index is 3.25. The molecular weight excluding hydrogens is 396 g/mol. The van der Waals surface area contributed by atoms with Gasteiger partial charge in [0.25, 0.3) is 16.6 Å². The maximum Gasteiger partial charge on any atom is 0.306 e. The minimum atomic E-state index is -2.03. The smallest absolute Gasteiger partial charge is 0.306 e. The van der Waals surface area contributed by atoms with Crippen molar-refractivity contribution in [1.29, 1.82) is 0 Å². The zero-order valence-corrected chi connectivity index (χ0v) is 22.5. The third-order valence-corrected chi connectivity index (χ3v) is 15.0. The molecule has 0 aliphatic rings. The molecule has 0 N–H and O–H groups in total. The Morgan fingerprint density at radius 2 is 1.34 bits per heavy atom. The molecule has 1 aromatic carbocycles. The normalized spacial score (nSPS) is 13.2. The van der Waals surface area contributed by atoms with Crippen LogP contribution in [0, 0.1) is 0 Å². The molecule has 0 aromatic heterocycles. The van der Waals surface area contributed by atoms with Crippen LogP contribution in [0.3, 0.4) is 0 Å². The van der Waals surface area contributed by atoms with E-state index >= 15 is 0 Å². The Morgan fingerprint density at radius 3 is 1.79 bits per heavy atom. The molecule has 0 saturated carbocycles. The predicted molar refractivity (Wildman–Crippen MR) is 127 cm³/mol. The van der Waals surface area contributed by atoms with E-state index < -0.39 is 16.6 Å². The van der Waals surface area contributed by atoms with Crippen LogP contribution in [0.5, 0.6) is 11.5 Å². The molecule has 0 unspecified atom stereocenters. The van der Waals surface area contributed by atoms with E-state index in [0.717, 1.165) is 17.1 Å². The van der Waals surface area contributed by atoms with E-state index in [1.54, 1.807) is 0 Å². The Bertz CT molecular complexity index is 698. The van der Waals surface area contributed by atoms with E-state index in [9.17, 15) is 4.79 Å². The van der Waals surface area contributed by atoms with Crippen LogP contribution < -0.4 is 8.85 Å². The van der Waals surface area contributed by atoms with Crippen LogP contribution in [0.15, 0.2) is 18.2 Å². The Labute approximate surface area is 180 Å². The van der Waals surface area contributed by atoms with Crippen molar-refractivity contribution in [2.24, 2.45) is 0 Å². The second kappa shape index (κ2) is 9.25. The summed E-state index contributed by atoms with van der Waals surface area (Å²) in [4.78, 5) is 11.8. The number of ether oxygens (including phenoxy) is 1. The van der Waals surface area contributed by atoms with Gasteiger partial charge in [-0.1, -0.05) is 47.6 Å². The summed E-state index contributed by atoms with van der Waals surface area (Å²) in [5.41, 5.74) is 1.06. The van der Waals surface area contributed by atoms with Crippen LogP contribution in [0.1, 0.15) is 60.5 Å². The number of benzene rings is 1. The quantitative estimate of drug-likeness (QED) is 0.325. The predicted octanol–water partition coefficient (Wildman–Crippen LogP) is 6.95. The number of rotatable bonds is 8. The molecule has 4 nitrogen and oxygen atoms in total. The van der Waals surface area contributed by atoms with Crippen LogP contribution in [0.2, 0.25) is 36.3 Å². The first-order chi connectivity index (χ1) is 13.0. The third kappa shape index (κ3) is 7.17. The monoisotopic (exact) mass is 438 g/mol. The second-order valence-corrected chi connectivity index (χ2v) is 20.3. The fourth-order valence-electron chi connectivity index (χ4n) is 2.21. The highest BCUT2D eigenvalue weighted by Gasteiger charge is 2.42. The van der Waals surface area contributed by atoms with Crippen molar-refractivity contribution >= 4 is 22.6 Å². The lowest BCUT2D eigenvalue weighted by Crippen LogP contribution is -2.45. The molecule has 0 fully saturated rings. The van der Waals surface area contributed by atoms with Crippen molar-refractivity contribution in [3.05, 3.63) is 23.8 Å². The number of hydrogen-bond donors (Lipinski definition) is 0. The Morgan fingerprint density at radius 1 is 0.862 bits per heavy atom. The summed E-state index contributed by atoms with van der Waals surface area (Å²) in [5.74, 6) is 1.46. The number of aryl methyl sites for hydroxylation is 1. The molecule has 0 amide bonds. The first-order valence-corrected chi connectivity index (χ1v) is 16.5. The zero-order valence-electron chi connectivity index (χ0n) is 20.5. The van der Waals surface area contributed by atoms with E-state index in [4.69, 9.17) is 13.6 Å². The summed E-state index contributed by atoms with van der Waals surface area (Å²) in [6.07, 6.45) is 1.00. The van der Waals surface area contributed by atoms with Gasteiger partial charge in [0, 0.05) is 6.42 Å². The van der Waals surface area contributed by atoms with E-state index in [1.165, 1.54) is 0 Å². The molecule has 29 heavy (non-hydrogen) atoms. The molecule has 166 valence electrons. The minimum Gasteiger partial charge on any atom is -0.541 e. The van der Waals surface area contributed by atoms with Crippen molar-refractivity contribution in [3.63, 3.8) is 0 Å². The molecule has 0 radical (unpaired) electrons. The van der Waals surface area contributed by atoms with Crippen LogP contribution in [-0.4, -0.2) is 29.2 Å². The van der Waals surface area contributed by atoms with Crippen LogP contribution in [0.4, 0.5) is 0 Å². The lowest BCUT2D eigenvalue weighted by atomic mass is 10.1. The van der Waals surface area contributed by atoms with Gasteiger partial charge in [0.15, 0.2) is 0 Å². The standard InChI is InChI=1S/C23H42O4Si2/c1-12-25-21(24)16-14-18-13-15-19(26-28(8,9)22(2,3)4)20(17-18)27-29(10,11)23(5,6)7/h13,15,17H,12,14,16H2,1-11H3. The molecular formula is C23H42O4Si2. The SMILES string of the molecule is CCOC(=O)CCc1ccc(O[Si](C)(C)C(C)(C)C)c(O[Si](C)(C)C(C)(C)C)c1. The molecule has 0 aliphatic heterocycles. The van der Waals surface area contributed by atoms with Gasteiger partial charge in [0.2, 0.25) is 0 Å². The molecule has 1 aromatic rings. The highest BCUT2D eigenvalue weighted by Crippen LogP contribution is 2.43. The lowest BCUT2D eigenvalue weighted by Gasteiger charge is -2.39. The average Bonchev–Trinajstić information content (AvgIpc) is 2.52. The van der Waals surface area contributed by atoms with Gasteiger partial charge in [-0.3, -0.25) is 4.79 Å². The van der Waals surface area contributed by atoms with E-state index in [2.05, 4.69) is 73.8 Å². The molecule has 0 heterocycles. The Hall–Kier alpha value is -1.28. The van der Waals surface area contributed by atoms with Crippen molar-refractivity contribution in [3.8, 4) is 11.5 Å². The molecule has 1 rings (SSSR count). The van der Waals surface area contributed by atoms with Crippen molar-refractivity contribution < 1.29 is 18.4 Å². The first kappa shape index (κ1) is 25.8. The molecule has 0 saturated heterocycles. The van der Waals surface area contributed by atoms with Gasteiger partial charge in [-0.25, -0.2) is 0 Å². The topological polar surface area (TPSA) is 44.8 Å². The summed E-state index contributed by atoms with van der Waals surface area (Å²) >= 11 is 0. The summed E-state index contributed by atoms with van der Waals surface area (Å²) < 4.78 is 18.4. The number of esters is 1. The van der Waals surface area contributed by atoms with Gasteiger partial charge in [-0.05, 0) is 67.3 Å². The van der Waals surface area contributed by atoms with Crippen LogP contribution in [-0.2, 0) is 16.0 Å². The van der Waals surface area contributed by atoms with Crippen LogP contribution >= 0.6 is 0 Å². The third-order valence-electron chi connectivity index (χ3n) is 6.27. The molecule has 6 heteroatoms. The lowest BCUT2D eigenvalue weighted by molar-refractivity contribution is -0.143. The largest absolute Gasteiger partial charge is 0.541 e. The zero-order chi connectivity index (χ0) is 22.7. The molecule has 0 spiro atoms. The summed E-state index contributed by atoms with van der Waals surface area (Å²) in [6, 6.07) is 6.12. The maximum atomic E-state index is 11.8. The van der Waals surface area contributed by atoms with Gasteiger partial charge in [0.1, 0.15) is 11.5 Å². The number of carbonyl (C=O) groups is 1. The van der Waals surface area contributed by atoms with Gasteiger partial charge >= 0.3 is 5.97 Å². The summed E-state index contributed by atoms with van der Waals surface area (Å²) in [7, 11) is -4.04. The molecule has 0 aliphatic carbocycles. The molecule has 0 bridgehead atoms. The Kier molecular flexibility index (Phi) is 8.22. The van der Waals surface area contributed by atoms with Gasteiger partial charge in [-0.2, -0.15) is 0 Å². The molecule has 0 atom stereocenters. The maximum absolute atomic E-state index is 11.8. The van der Waals surface area contributed by atoms with Crippen molar-refractivity contribution in [2.45, 2.75) is 97.6 Å². The van der Waals surface area contributed by atoms with E-state index in [1.807, 2.05) is 19.1 Å². The van der Waals surface area contributed by atoms with Crippen molar-refractivity contribution in [2.75, 3.05) is 6.61 Å². The van der Waals surface area contributed by atoms with Crippen molar-refractivity contribution in [1.82, 2.24) is 0 Å². The van der Waals surface area contributed by atoms with E-state index in [-0.39, 0.29) is 16.0 Å². The fourth-order valence-corrected chi connectivity index (χ4v) is 4.25. The van der Waals surface area contributed by atoms with Gasteiger partial charge in [0.05, 0.1) is 6.61 Å². The summed E-state index contributed by atoms with van der Waals surface area (Å²) in [6.45, 7) is 24.6. The number of carbonyl (C=O) groups excluding carboxylic acids is 1. The number of hydrogen-bond acceptors (Lipinski definition) is 4. The highest BCUT2D eigenvalue weighted by atomic mass is 28.4. The van der Waals surface area contributed by atoms with Crippen LogP contribution in [0.25, 0.3) is 0 Å². The minimum absolute atomic E-state index is 0.0855. The highest BCUT2D eigenvalue weighted by molar-refractivity contribution is 6.75. The fraction of sp³-hybridized carbons (Fsp3) is 0.696. The average molecular weight is 439 g/mol. The van der Waals surface area contributed by atoms with Gasteiger partial charge in [-0.15, -0.1) is 0 Å². The first-order valence-electron chi connectivity index (χ1n) is 10.7.